The molecule has 1 aromatic heterocycles. The van der Waals surface area contributed by atoms with Crippen molar-refractivity contribution in [1.29, 1.82) is 0 Å². The molecule has 0 aromatic carbocycles. The maximum absolute atomic E-state index is 12.3. The van der Waals surface area contributed by atoms with Crippen LogP contribution in [0.15, 0.2) is 24.4 Å². The topological polar surface area (TPSA) is 48.5 Å². The van der Waals surface area contributed by atoms with E-state index in [2.05, 4.69) is 15.2 Å². The van der Waals surface area contributed by atoms with Gasteiger partial charge in [0.25, 0.3) is 0 Å². The van der Waals surface area contributed by atoms with Gasteiger partial charge in [-0.05, 0) is 18.6 Å². The third kappa shape index (κ3) is 2.77. The van der Waals surface area contributed by atoms with Crippen molar-refractivity contribution < 1.29 is 4.79 Å². The lowest BCUT2D eigenvalue weighted by molar-refractivity contribution is -0.121. The Balaban J connectivity index is 1.64. The number of piperazine rings is 1. The maximum Gasteiger partial charge on any atom is 0.229 e. The van der Waals surface area contributed by atoms with Crippen molar-refractivity contribution in [2.45, 2.75) is 18.9 Å². The van der Waals surface area contributed by atoms with E-state index in [9.17, 15) is 4.79 Å². The van der Waals surface area contributed by atoms with Gasteiger partial charge in [-0.15, -0.1) is 0 Å². The Labute approximate surface area is 113 Å². The van der Waals surface area contributed by atoms with E-state index in [-0.39, 0.29) is 5.91 Å². The van der Waals surface area contributed by atoms with E-state index in [0.29, 0.717) is 12.5 Å². The highest BCUT2D eigenvalue weighted by molar-refractivity contribution is 5.93. The quantitative estimate of drug-likeness (QED) is 0.840. The number of nitrogens with one attached hydrogen (secondary N) is 1. The van der Waals surface area contributed by atoms with E-state index >= 15 is 0 Å². The van der Waals surface area contributed by atoms with Crippen molar-refractivity contribution >= 4 is 11.7 Å². The SMILES string of the molecule is O=C1CC(N2CCNCC2)CCN1c1ccccn1. The van der Waals surface area contributed by atoms with Crippen LogP contribution in [0.1, 0.15) is 12.8 Å². The van der Waals surface area contributed by atoms with Crippen molar-refractivity contribution in [3.05, 3.63) is 24.4 Å². The molecule has 102 valence electrons. The van der Waals surface area contributed by atoms with Gasteiger partial charge in [-0.25, -0.2) is 4.98 Å². The zero-order valence-electron chi connectivity index (χ0n) is 11.1. The summed E-state index contributed by atoms with van der Waals surface area (Å²) in [5.41, 5.74) is 0. The lowest BCUT2D eigenvalue weighted by Crippen LogP contribution is -2.53. The van der Waals surface area contributed by atoms with Crippen molar-refractivity contribution in [1.82, 2.24) is 15.2 Å². The fraction of sp³-hybridized carbons (Fsp3) is 0.571. The van der Waals surface area contributed by atoms with Crippen molar-refractivity contribution in [2.75, 3.05) is 37.6 Å². The first-order chi connectivity index (χ1) is 9.34. The molecule has 0 spiro atoms. The molecule has 0 saturated carbocycles. The van der Waals surface area contributed by atoms with Gasteiger partial charge in [0.1, 0.15) is 5.82 Å². The minimum atomic E-state index is 0.202. The molecule has 19 heavy (non-hydrogen) atoms. The van der Waals surface area contributed by atoms with E-state index in [1.54, 1.807) is 6.20 Å². The van der Waals surface area contributed by atoms with E-state index in [1.807, 2.05) is 23.1 Å². The summed E-state index contributed by atoms with van der Waals surface area (Å²) in [4.78, 5) is 20.8. The summed E-state index contributed by atoms with van der Waals surface area (Å²) in [6, 6.07) is 6.12. The largest absolute Gasteiger partial charge is 0.314 e. The molecule has 1 amide bonds. The lowest BCUT2D eigenvalue weighted by Gasteiger charge is -2.39. The Morgan fingerprint density at radius 3 is 2.74 bits per heavy atom. The molecule has 1 aromatic rings. The number of amides is 1. The van der Waals surface area contributed by atoms with Crippen LogP contribution in [0.2, 0.25) is 0 Å². The Bertz CT molecular complexity index is 430. The number of hydrogen-bond acceptors (Lipinski definition) is 4. The highest BCUT2D eigenvalue weighted by atomic mass is 16.2. The normalized spacial score (nSPS) is 25.6. The number of hydrogen-bond donors (Lipinski definition) is 1. The predicted molar refractivity (Wildman–Crippen MR) is 74.1 cm³/mol. The van der Waals surface area contributed by atoms with Crippen LogP contribution in [-0.4, -0.2) is 54.6 Å². The van der Waals surface area contributed by atoms with Gasteiger partial charge in [0, 0.05) is 51.4 Å². The second kappa shape index (κ2) is 5.67. The molecule has 2 fully saturated rings. The highest BCUT2D eigenvalue weighted by Gasteiger charge is 2.31. The van der Waals surface area contributed by atoms with Crippen LogP contribution in [-0.2, 0) is 4.79 Å². The average Bonchev–Trinajstić information content (AvgIpc) is 2.49. The molecule has 1 atom stereocenters. The number of rotatable bonds is 2. The predicted octanol–water partition coefficient (Wildman–Crippen LogP) is 0.482. The molecule has 3 heterocycles. The molecule has 1 unspecified atom stereocenters. The number of carbonyl (C=O) groups excluding carboxylic acids is 1. The van der Waals surface area contributed by atoms with E-state index in [4.69, 9.17) is 0 Å². The third-order valence-corrected chi connectivity index (χ3v) is 3.99. The minimum absolute atomic E-state index is 0.202. The van der Waals surface area contributed by atoms with Crippen molar-refractivity contribution in [3.8, 4) is 0 Å². The Morgan fingerprint density at radius 2 is 2.05 bits per heavy atom. The lowest BCUT2D eigenvalue weighted by atomic mass is 10.0. The highest BCUT2D eigenvalue weighted by Crippen LogP contribution is 2.22. The van der Waals surface area contributed by atoms with Crippen LogP contribution >= 0.6 is 0 Å². The molecular weight excluding hydrogens is 240 g/mol. The smallest absolute Gasteiger partial charge is 0.229 e. The molecule has 0 aliphatic carbocycles. The summed E-state index contributed by atoms with van der Waals surface area (Å²) >= 11 is 0. The molecule has 2 saturated heterocycles. The monoisotopic (exact) mass is 260 g/mol. The van der Waals surface area contributed by atoms with Crippen LogP contribution in [0.4, 0.5) is 5.82 Å². The summed E-state index contributed by atoms with van der Waals surface area (Å²) in [7, 11) is 0. The summed E-state index contributed by atoms with van der Waals surface area (Å²) in [6.07, 6.45) is 3.41. The molecule has 5 nitrogen and oxygen atoms in total. The van der Waals surface area contributed by atoms with Crippen LogP contribution < -0.4 is 10.2 Å². The number of carbonyl (C=O) groups is 1. The molecule has 5 heteroatoms. The fourth-order valence-electron chi connectivity index (χ4n) is 2.93. The molecule has 0 radical (unpaired) electrons. The van der Waals surface area contributed by atoms with Crippen LogP contribution in [0.5, 0.6) is 0 Å². The van der Waals surface area contributed by atoms with Crippen LogP contribution in [0, 0.1) is 0 Å². The molecule has 1 N–H and O–H groups in total. The zero-order valence-corrected chi connectivity index (χ0v) is 11.1. The molecule has 2 aliphatic heterocycles. The van der Waals surface area contributed by atoms with Gasteiger partial charge in [0.05, 0.1) is 0 Å². The Kier molecular flexibility index (Phi) is 3.75. The number of piperidine rings is 1. The first kappa shape index (κ1) is 12.6. The second-order valence-electron chi connectivity index (χ2n) is 5.17. The number of aromatic nitrogens is 1. The van der Waals surface area contributed by atoms with Crippen LogP contribution in [0.3, 0.4) is 0 Å². The standard InChI is InChI=1S/C14H20N4O/c19-14-11-12(17-9-6-15-7-10-17)4-8-18(14)13-3-1-2-5-16-13/h1-3,5,12,15H,4,6-11H2. The first-order valence-electron chi connectivity index (χ1n) is 7.01. The first-order valence-corrected chi connectivity index (χ1v) is 7.01. The van der Waals surface area contributed by atoms with E-state index in [1.165, 1.54) is 0 Å². The summed E-state index contributed by atoms with van der Waals surface area (Å²) in [5.74, 6) is 0.986. The van der Waals surface area contributed by atoms with Gasteiger partial charge in [0.15, 0.2) is 0 Å². The molecule has 3 rings (SSSR count). The van der Waals surface area contributed by atoms with Gasteiger partial charge in [-0.3, -0.25) is 14.6 Å². The Morgan fingerprint density at radius 1 is 1.21 bits per heavy atom. The zero-order chi connectivity index (χ0) is 13.1. The fourth-order valence-corrected chi connectivity index (χ4v) is 2.93. The van der Waals surface area contributed by atoms with Crippen LogP contribution in [0.25, 0.3) is 0 Å². The Hall–Kier alpha value is -1.46. The number of anilines is 1. The summed E-state index contributed by atoms with van der Waals surface area (Å²) in [5, 5.41) is 3.35. The van der Waals surface area contributed by atoms with Crippen molar-refractivity contribution in [2.24, 2.45) is 0 Å². The maximum atomic E-state index is 12.3. The molecule has 2 aliphatic rings. The van der Waals surface area contributed by atoms with E-state index in [0.717, 1.165) is 45.0 Å². The van der Waals surface area contributed by atoms with Gasteiger partial charge in [0.2, 0.25) is 5.91 Å². The minimum Gasteiger partial charge on any atom is -0.314 e. The third-order valence-electron chi connectivity index (χ3n) is 3.99. The number of pyridine rings is 1. The van der Waals surface area contributed by atoms with Gasteiger partial charge < -0.3 is 5.32 Å². The summed E-state index contributed by atoms with van der Waals surface area (Å²) < 4.78 is 0. The molecule has 0 bridgehead atoms. The van der Waals surface area contributed by atoms with Gasteiger partial charge in [-0.2, -0.15) is 0 Å². The second-order valence-corrected chi connectivity index (χ2v) is 5.17. The molecular formula is C14H20N4O. The van der Waals surface area contributed by atoms with Gasteiger partial charge in [-0.1, -0.05) is 6.07 Å². The number of nitrogens with zero attached hydrogens (tertiary/aromatic N) is 3. The van der Waals surface area contributed by atoms with E-state index < -0.39 is 0 Å². The average molecular weight is 260 g/mol. The van der Waals surface area contributed by atoms with Crippen molar-refractivity contribution in [3.63, 3.8) is 0 Å². The van der Waals surface area contributed by atoms with Gasteiger partial charge >= 0.3 is 0 Å². The summed E-state index contributed by atoms with van der Waals surface area (Å²) in [6.45, 7) is 4.97.